The van der Waals surface area contributed by atoms with E-state index in [0.29, 0.717) is 17.1 Å². The molecule has 0 fully saturated rings. The Balaban J connectivity index is 1.91. The average Bonchev–Trinajstić information content (AvgIpc) is 2.64. The molecule has 0 spiro atoms. The van der Waals surface area contributed by atoms with Crippen molar-refractivity contribution in [3.8, 4) is 5.88 Å². The monoisotopic (exact) mass is 387 g/mol. The maximum atomic E-state index is 13.0. The van der Waals surface area contributed by atoms with Crippen LogP contribution in [-0.4, -0.2) is 20.9 Å². The van der Waals surface area contributed by atoms with Crippen LogP contribution in [0.3, 0.4) is 0 Å². The molecule has 0 saturated carbocycles. The topological polar surface area (TPSA) is 87.5 Å². The Morgan fingerprint density at radius 2 is 1.85 bits per heavy atom. The van der Waals surface area contributed by atoms with Gasteiger partial charge in [-0.15, -0.1) is 0 Å². The van der Waals surface area contributed by atoms with Gasteiger partial charge in [0.05, 0.1) is 10.7 Å². The Morgan fingerprint density at radius 3 is 2.56 bits per heavy atom. The largest absolute Gasteiger partial charge is 0.494 e. The van der Waals surface area contributed by atoms with Crippen molar-refractivity contribution in [3.63, 3.8) is 0 Å². The van der Waals surface area contributed by atoms with Crippen LogP contribution in [0.4, 0.5) is 10.1 Å². The lowest BCUT2D eigenvalue weighted by Crippen LogP contribution is -2.32. The third-order valence-electron chi connectivity index (χ3n) is 3.93. The number of halogens is 2. The van der Waals surface area contributed by atoms with Crippen LogP contribution in [0.15, 0.2) is 63.1 Å². The van der Waals surface area contributed by atoms with E-state index in [2.05, 4.69) is 9.98 Å². The highest BCUT2D eigenvalue weighted by atomic mass is 35.5. The molecule has 0 bridgehead atoms. The zero-order valence-corrected chi connectivity index (χ0v) is 14.8. The van der Waals surface area contributed by atoms with Gasteiger partial charge in [0, 0.05) is 12.8 Å². The molecule has 0 atom stereocenters. The second-order valence-corrected chi connectivity index (χ2v) is 6.14. The fraction of sp³-hybridized carbons (Fsp3) is 0.105. The number of benzene rings is 2. The first-order valence-corrected chi connectivity index (χ1v) is 8.42. The lowest BCUT2D eigenvalue weighted by atomic mass is 10.1. The predicted molar refractivity (Wildman–Crippen MR) is 102 cm³/mol. The molecule has 0 aliphatic heterocycles. The van der Waals surface area contributed by atoms with Gasteiger partial charge in [0.25, 0.3) is 5.56 Å². The van der Waals surface area contributed by atoms with Gasteiger partial charge in [-0.2, -0.15) is 0 Å². The number of hydrogen-bond donors (Lipinski definition) is 2. The molecule has 2 N–H and O–H groups in total. The van der Waals surface area contributed by atoms with Crippen molar-refractivity contribution in [2.45, 2.75) is 13.0 Å². The van der Waals surface area contributed by atoms with Gasteiger partial charge in [0.15, 0.2) is 0 Å². The second-order valence-electron chi connectivity index (χ2n) is 5.73. The van der Waals surface area contributed by atoms with E-state index >= 15 is 0 Å². The molecule has 0 unspecified atom stereocenters. The lowest BCUT2D eigenvalue weighted by Gasteiger charge is -2.09. The van der Waals surface area contributed by atoms with Gasteiger partial charge < -0.3 is 5.11 Å². The van der Waals surface area contributed by atoms with Gasteiger partial charge in [0.1, 0.15) is 11.4 Å². The molecule has 0 aliphatic rings. The number of rotatable bonds is 5. The predicted octanol–water partition coefficient (Wildman–Crippen LogP) is 3.03. The number of nitrogens with one attached hydrogen (secondary N) is 1. The number of hydrogen-bond acceptors (Lipinski definition) is 4. The van der Waals surface area contributed by atoms with Gasteiger partial charge in [0.2, 0.25) is 5.88 Å². The van der Waals surface area contributed by atoms with Crippen molar-refractivity contribution in [2.75, 3.05) is 0 Å². The van der Waals surface area contributed by atoms with E-state index in [9.17, 15) is 19.1 Å². The summed E-state index contributed by atoms with van der Waals surface area (Å²) in [6.45, 7) is 0.0972. The summed E-state index contributed by atoms with van der Waals surface area (Å²) in [7, 11) is 0. The van der Waals surface area contributed by atoms with Crippen molar-refractivity contribution in [1.82, 2.24) is 9.55 Å². The first kappa shape index (κ1) is 18.6. The van der Waals surface area contributed by atoms with Crippen molar-refractivity contribution >= 4 is 23.5 Å². The molecule has 1 heterocycles. The number of para-hydroxylation sites is 1. The van der Waals surface area contributed by atoms with E-state index in [-0.39, 0.29) is 17.9 Å². The maximum absolute atomic E-state index is 13.0. The number of aliphatic imine (C=N–C) groups is 1. The van der Waals surface area contributed by atoms with Crippen LogP contribution in [0.5, 0.6) is 5.88 Å². The molecule has 138 valence electrons. The zero-order valence-electron chi connectivity index (χ0n) is 14.0. The standard InChI is InChI=1S/C19H15ClFN3O3/c20-15-3-1-2-4-16(15)22-11-14-17(25)23-19(27)24(18(14)26)10-9-12-5-7-13(21)8-6-12/h1-8,11,26H,9-10H2,(H,23,25,27). The Labute approximate surface area is 158 Å². The van der Waals surface area contributed by atoms with Gasteiger partial charge in [-0.1, -0.05) is 35.9 Å². The van der Waals surface area contributed by atoms with Crippen molar-refractivity contribution in [3.05, 3.63) is 91.3 Å². The summed E-state index contributed by atoms with van der Waals surface area (Å²) < 4.78 is 14.0. The van der Waals surface area contributed by atoms with Crippen molar-refractivity contribution in [2.24, 2.45) is 4.99 Å². The van der Waals surface area contributed by atoms with E-state index in [1.807, 2.05) is 0 Å². The van der Waals surface area contributed by atoms with Crippen molar-refractivity contribution < 1.29 is 9.50 Å². The maximum Gasteiger partial charge on any atom is 0.331 e. The quantitative estimate of drug-likeness (QED) is 0.659. The fourth-order valence-electron chi connectivity index (χ4n) is 2.48. The van der Waals surface area contributed by atoms with E-state index in [1.54, 1.807) is 36.4 Å². The summed E-state index contributed by atoms with van der Waals surface area (Å²) in [6, 6.07) is 12.6. The van der Waals surface area contributed by atoms with Crippen LogP contribution in [0.1, 0.15) is 11.1 Å². The Kier molecular flexibility index (Phi) is 5.52. The summed E-state index contributed by atoms with van der Waals surface area (Å²) in [4.78, 5) is 30.3. The molecule has 0 amide bonds. The molecule has 0 aliphatic carbocycles. The smallest absolute Gasteiger partial charge is 0.331 e. The molecular formula is C19H15ClFN3O3. The molecule has 0 radical (unpaired) electrons. The fourth-order valence-corrected chi connectivity index (χ4v) is 2.67. The molecule has 3 aromatic rings. The molecular weight excluding hydrogens is 373 g/mol. The molecule has 0 saturated heterocycles. The van der Waals surface area contributed by atoms with Crippen LogP contribution in [-0.2, 0) is 13.0 Å². The van der Waals surface area contributed by atoms with Crippen LogP contribution in [0, 0.1) is 5.82 Å². The van der Waals surface area contributed by atoms with E-state index in [4.69, 9.17) is 11.6 Å². The molecule has 6 nitrogen and oxygen atoms in total. The summed E-state index contributed by atoms with van der Waals surface area (Å²) in [5, 5.41) is 10.8. The first-order valence-electron chi connectivity index (χ1n) is 8.05. The highest BCUT2D eigenvalue weighted by Gasteiger charge is 2.13. The number of aryl methyl sites for hydroxylation is 1. The van der Waals surface area contributed by atoms with Gasteiger partial charge >= 0.3 is 5.69 Å². The van der Waals surface area contributed by atoms with Gasteiger partial charge in [-0.3, -0.25) is 19.3 Å². The van der Waals surface area contributed by atoms with Crippen LogP contribution < -0.4 is 11.2 Å². The van der Waals surface area contributed by atoms with Gasteiger partial charge in [-0.05, 0) is 36.2 Å². The Hall–Kier alpha value is -3.19. The summed E-state index contributed by atoms with van der Waals surface area (Å²) in [6.07, 6.45) is 1.52. The Bertz CT molecular complexity index is 1100. The lowest BCUT2D eigenvalue weighted by molar-refractivity contribution is 0.399. The number of H-pyrrole nitrogens is 1. The minimum atomic E-state index is -0.758. The third kappa shape index (κ3) is 4.32. The molecule has 3 rings (SSSR count). The van der Waals surface area contributed by atoms with Crippen LogP contribution in [0.2, 0.25) is 5.02 Å². The number of aromatic nitrogens is 2. The van der Waals surface area contributed by atoms with E-state index in [0.717, 1.165) is 16.3 Å². The summed E-state index contributed by atoms with van der Waals surface area (Å²) >= 11 is 6.01. The summed E-state index contributed by atoms with van der Waals surface area (Å²) in [5.74, 6) is -0.859. The second kappa shape index (κ2) is 8.01. The van der Waals surface area contributed by atoms with Crippen LogP contribution in [0.25, 0.3) is 0 Å². The van der Waals surface area contributed by atoms with Crippen molar-refractivity contribution in [1.29, 1.82) is 0 Å². The number of nitrogens with zero attached hydrogens (tertiary/aromatic N) is 2. The van der Waals surface area contributed by atoms with Crippen LogP contribution >= 0.6 is 11.6 Å². The van der Waals surface area contributed by atoms with E-state index < -0.39 is 17.1 Å². The van der Waals surface area contributed by atoms with E-state index in [1.165, 1.54) is 12.1 Å². The molecule has 1 aromatic heterocycles. The normalized spacial score (nSPS) is 11.2. The highest BCUT2D eigenvalue weighted by molar-refractivity contribution is 6.33. The minimum absolute atomic E-state index is 0.0972. The Morgan fingerprint density at radius 1 is 1.15 bits per heavy atom. The minimum Gasteiger partial charge on any atom is -0.494 e. The first-order chi connectivity index (χ1) is 13.0. The average molecular weight is 388 g/mol. The number of aromatic amines is 1. The molecule has 8 heteroatoms. The highest BCUT2D eigenvalue weighted by Crippen LogP contribution is 2.23. The third-order valence-corrected chi connectivity index (χ3v) is 4.25. The number of aromatic hydroxyl groups is 1. The SMILES string of the molecule is O=c1[nH]c(=O)n(CCc2ccc(F)cc2)c(O)c1C=Nc1ccccc1Cl. The zero-order chi connectivity index (χ0) is 19.4. The van der Waals surface area contributed by atoms with Gasteiger partial charge in [-0.25, -0.2) is 9.18 Å². The molecule has 2 aromatic carbocycles. The summed E-state index contributed by atoms with van der Waals surface area (Å²) in [5.41, 5.74) is -0.461. The molecule has 27 heavy (non-hydrogen) atoms.